The molecule has 0 aliphatic carbocycles. The maximum atomic E-state index is 13.2. The van der Waals surface area contributed by atoms with Gasteiger partial charge >= 0.3 is 0 Å². The van der Waals surface area contributed by atoms with E-state index in [-0.39, 0.29) is 17.9 Å². The van der Waals surface area contributed by atoms with Crippen molar-refractivity contribution in [2.45, 2.75) is 25.8 Å². The molecule has 4 rings (SSSR count). The summed E-state index contributed by atoms with van der Waals surface area (Å²) in [4.78, 5) is 30.9. The normalized spacial score (nSPS) is 18.0. The number of aromatic nitrogens is 2. The molecular formula is C18H17N3O2. The van der Waals surface area contributed by atoms with Crippen molar-refractivity contribution in [3.8, 4) is 0 Å². The molecule has 1 amide bonds. The van der Waals surface area contributed by atoms with Gasteiger partial charge in [0.15, 0.2) is 0 Å². The molecule has 1 atom stereocenters. The van der Waals surface area contributed by atoms with Gasteiger partial charge in [-0.3, -0.25) is 19.1 Å². The van der Waals surface area contributed by atoms with Gasteiger partial charge in [-0.15, -0.1) is 0 Å². The predicted molar refractivity (Wildman–Crippen MR) is 88.3 cm³/mol. The summed E-state index contributed by atoms with van der Waals surface area (Å²) < 4.78 is 1.73. The van der Waals surface area contributed by atoms with Crippen LogP contribution in [0.2, 0.25) is 0 Å². The Kier molecular flexibility index (Phi) is 3.15. The van der Waals surface area contributed by atoms with Gasteiger partial charge in [0, 0.05) is 30.4 Å². The number of para-hydroxylation sites is 1. The summed E-state index contributed by atoms with van der Waals surface area (Å²) >= 11 is 0. The van der Waals surface area contributed by atoms with Crippen LogP contribution in [0.5, 0.6) is 0 Å². The average molecular weight is 307 g/mol. The first kappa shape index (κ1) is 13.9. The lowest BCUT2D eigenvalue weighted by Crippen LogP contribution is -2.41. The summed E-state index contributed by atoms with van der Waals surface area (Å²) in [6.45, 7) is 2.18. The van der Waals surface area contributed by atoms with Crippen molar-refractivity contribution in [1.82, 2.24) is 14.5 Å². The second-order valence-corrected chi connectivity index (χ2v) is 5.95. The lowest BCUT2D eigenvalue weighted by atomic mass is 10.2. The van der Waals surface area contributed by atoms with E-state index >= 15 is 0 Å². The van der Waals surface area contributed by atoms with E-state index in [2.05, 4.69) is 4.98 Å². The fourth-order valence-corrected chi connectivity index (χ4v) is 3.61. The highest BCUT2D eigenvalue weighted by molar-refractivity contribution is 6.14. The van der Waals surface area contributed by atoms with Crippen LogP contribution < -0.4 is 0 Å². The highest BCUT2D eigenvalue weighted by atomic mass is 16.2. The van der Waals surface area contributed by atoms with E-state index in [4.69, 9.17) is 0 Å². The Morgan fingerprint density at radius 2 is 1.91 bits per heavy atom. The zero-order chi connectivity index (χ0) is 16.0. The average Bonchev–Trinajstić information content (AvgIpc) is 3.17. The van der Waals surface area contributed by atoms with Crippen molar-refractivity contribution in [1.29, 1.82) is 0 Å². The zero-order valence-corrected chi connectivity index (χ0v) is 12.9. The Morgan fingerprint density at radius 3 is 2.74 bits per heavy atom. The Balaban J connectivity index is 1.93. The fourth-order valence-electron chi connectivity index (χ4n) is 3.61. The second kappa shape index (κ2) is 5.19. The number of nitrogens with zero attached hydrogens (tertiary/aromatic N) is 3. The summed E-state index contributed by atoms with van der Waals surface area (Å²) in [6.07, 6.45) is 5.04. The number of fused-ring (bicyclic) bond motifs is 3. The molecule has 0 N–H and O–H groups in total. The first-order valence-corrected chi connectivity index (χ1v) is 7.83. The maximum absolute atomic E-state index is 13.2. The van der Waals surface area contributed by atoms with Gasteiger partial charge in [-0.25, -0.2) is 0 Å². The van der Waals surface area contributed by atoms with Crippen LogP contribution in [-0.2, 0) is 4.79 Å². The van der Waals surface area contributed by atoms with Crippen molar-refractivity contribution in [3.05, 3.63) is 42.7 Å². The molecule has 2 aromatic heterocycles. The molecule has 1 aliphatic rings. The lowest BCUT2D eigenvalue weighted by molar-refractivity contribution is -0.129. The third-order valence-electron chi connectivity index (χ3n) is 4.64. The van der Waals surface area contributed by atoms with E-state index in [1.54, 1.807) is 21.9 Å². The molecule has 1 aromatic carbocycles. The summed E-state index contributed by atoms with van der Waals surface area (Å²) in [5.74, 6) is -0.0864. The predicted octanol–water partition coefficient (Wildman–Crippen LogP) is 2.84. The molecule has 0 spiro atoms. The maximum Gasteiger partial charge on any atom is 0.254 e. The topological polar surface area (TPSA) is 55.2 Å². The first-order valence-electron chi connectivity index (χ1n) is 7.83. The van der Waals surface area contributed by atoms with Gasteiger partial charge in [0.05, 0.1) is 17.2 Å². The highest BCUT2D eigenvalue weighted by Gasteiger charge is 2.34. The minimum atomic E-state index is -0.383. The van der Waals surface area contributed by atoms with E-state index in [1.807, 2.05) is 30.3 Å². The summed E-state index contributed by atoms with van der Waals surface area (Å²) in [6, 6.07) is 9.40. The number of hydrogen-bond donors (Lipinski definition) is 0. The molecule has 0 saturated carbocycles. The summed E-state index contributed by atoms with van der Waals surface area (Å²) in [7, 11) is 0. The molecule has 0 bridgehead atoms. The summed E-state index contributed by atoms with van der Waals surface area (Å²) in [5, 5.41) is 2.04. The van der Waals surface area contributed by atoms with E-state index in [1.165, 1.54) is 6.92 Å². The number of hydrogen-bond acceptors (Lipinski definition) is 3. The fraction of sp³-hybridized carbons (Fsp3) is 0.278. The van der Waals surface area contributed by atoms with Crippen LogP contribution in [0.3, 0.4) is 0 Å². The molecular weight excluding hydrogens is 290 g/mol. The number of carbonyl (C=O) groups is 2. The summed E-state index contributed by atoms with van der Waals surface area (Å²) in [5.41, 5.74) is 1.67. The van der Waals surface area contributed by atoms with Crippen LogP contribution in [0.25, 0.3) is 21.8 Å². The van der Waals surface area contributed by atoms with Crippen LogP contribution in [0, 0.1) is 0 Å². The smallest absolute Gasteiger partial charge is 0.254 e. The highest BCUT2D eigenvalue weighted by Crippen LogP contribution is 2.30. The lowest BCUT2D eigenvalue weighted by Gasteiger charge is -2.22. The minimum absolute atomic E-state index is 0.0419. The van der Waals surface area contributed by atoms with E-state index in [0.717, 1.165) is 28.2 Å². The van der Waals surface area contributed by atoms with Crippen LogP contribution in [-0.4, -0.2) is 38.9 Å². The molecule has 3 heterocycles. The molecule has 1 fully saturated rings. The molecule has 5 heteroatoms. The molecule has 1 aliphatic heterocycles. The molecule has 1 saturated heterocycles. The van der Waals surface area contributed by atoms with Crippen LogP contribution in [0.4, 0.5) is 0 Å². The first-order chi connectivity index (χ1) is 11.2. The van der Waals surface area contributed by atoms with Gasteiger partial charge in [0.2, 0.25) is 5.91 Å². The third-order valence-corrected chi connectivity index (χ3v) is 4.64. The van der Waals surface area contributed by atoms with Gasteiger partial charge in [-0.1, -0.05) is 18.2 Å². The number of likely N-dealkylation sites (tertiary alicyclic amines) is 1. The number of benzene rings is 1. The molecule has 116 valence electrons. The van der Waals surface area contributed by atoms with Crippen LogP contribution in [0.1, 0.15) is 24.6 Å². The Hall–Kier alpha value is -2.69. The standard InChI is InChI=1S/C18H17N3O2/c1-12(22)20-10-4-7-16(20)18(23)21-15-6-3-2-5-13(15)14-8-9-19-11-17(14)21/h2-3,5-6,8-9,11,16H,4,7,10H2,1H3/t16-/m0/s1. The van der Waals surface area contributed by atoms with Crippen molar-refractivity contribution >= 4 is 33.6 Å². The SMILES string of the molecule is CC(=O)N1CCC[C@H]1C(=O)n1c2ccccc2c2ccncc21. The zero-order valence-electron chi connectivity index (χ0n) is 12.9. The molecule has 3 aromatic rings. The second-order valence-electron chi connectivity index (χ2n) is 5.95. The van der Waals surface area contributed by atoms with E-state index in [0.29, 0.717) is 13.0 Å². The van der Waals surface area contributed by atoms with Gasteiger partial charge < -0.3 is 4.90 Å². The van der Waals surface area contributed by atoms with E-state index in [9.17, 15) is 9.59 Å². The Bertz CT molecular complexity index is 875. The van der Waals surface area contributed by atoms with Crippen LogP contribution in [0.15, 0.2) is 42.7 Å². The Labute approximate surface area is 133 Å². The minimum Gasteiger partial charge on any atom is -0.331 e. The van der Waals surface area contributed by atoms with Gasteiger partial charge in [-0.2, -0.15) is 0 Å². The molecule has 0 radical (unpaired) electrons. The third kappa shape index (κ3) is 2.04. The molecule has 23 heavy (non-hydrogen) atoms. The number of rotatable bonds is 1. The van der Waals surface area contributed by atoms with Gasteiger partial charge in [0.25, 0.3) is 5.91 Å². The largest absolute Gasteiger partial charge is 0.331 e. The monoisotopic (exact) mass is 307 g/mol. The number of amides is 1. The van der Waals surface area contributed by atoms with Crippen molar-refractivity contribution in [2.75, 3.05) is 6.54 Å². The van der Waals surface area contributed by atoms with Gasteiger partial charge in [0.1, 0.15) is 6.04 Å². The number of pyridine rings is 1. The van der Waals surface area contributed by atoms with E-state index < -0.39 is 0 Å². The molecule has 5 nitrogen and oxygen atoms in total. The molecule has 0 unspecified atom stereocenters. The Morgan fingerprint density at radius 1 is 1.13 bits per heavy atom. The van der Waals surface area contributed by atoms with Crippen molar-refractivity contribution in [2.24, 2.45) is 0 Å². The van der Waals surface area contributed by atoms with Crippen molar-refractivity contribution < 1.29 is 9.59 Å². The quantitative estimate of drug-likeness (QED) is 0.694. The number of carbonyl (C=O) groups excluding carboxylic acids is 2. The van der Waals surface area contributed by atoms with Crippen molar-refractivity contribution in [3.63, 3.8) is 0 Å². The van der Waals surface area contributed by atoms with Crippen LogP contribution >= 0.6 is 0 Å². The van der Waals surface area contributed by atoms with Gasteiger partial charge in [-0.05, 0) is 25.0 Å².